The minimum atomic E-state index is -4.33. The van der Waals surface area contributed by atoms with Crippen LogP contribution >= 0.6 is 11.6 Å². The van der Waals surface area contributed by atoms with E-state index in [0.29, 0.717) is 6.26 Å². The lowest BCUT2D eigenvalue weighted by Gasteiger charge is -2.06. The predicted molar refractivity (Wildman–Crippen MR) is 68.2 cm³/mol. The highest BCUT2D eigenvalue weighted by Gasteiger charge is 2.24. The second-order valence-corrected chi connectivity index (χ2v) is 8.13. The summed E-state index contributed by atoms with van der Waals surface area (Å²) in [4.78, 5) is 13.2. The highest BCUT2D eigenvalue weighted by atomic mass is 35.5. The number of nitro groups is 1. The number of sulfonamides is 1. The van der Waals surface area contributed by atoms with Gasteiger partial charge in [-0.3, -0.25) is 14.8 Å². The third-order valence-corrected chi connectivity index (χ3v) is 5.33. The van der Waals surface area contributed by atoms with E-state index in [0.717, 1.165) is 12.1 Å². The molecule has 1 aromatic rings. The summed E-state index contributed by atoms with van der Waals surface area (Å²) in [6.07, 6.45) is 0.714. The molecule has 1 N–H and O–H groups in total. The van der Waals surface area contributed by atoms with Gasteiger partial charge in [0.1, 0.15) is 5.15 Å². The first-order chi connectivity index (χ1) is 8.50. The molecule has 1 rings (SSSR count). The fraction of sp³-hybridized carbons (Fsp3) is 0.286. The molecule has 0 spiro atoms. The lowest BCUT2D eigenvalue weighted by molar-refractivity contribution is -0.384. The van der Waals surface area contributed by atoms with Crippen molar-refractivity contribution >= 4 is 43.0 Å². The van der Waals surface area contributed by atoms with Gasteiger partial charge in [0.15, 0.2) is 14.9 Å². The van der Waals surface area contributed by atoms with Crippen LogP contribution in [0.4, 0.5) is 11.5 Å². The standard InChI is InChI=1S/C7H8ClN3O6S2/c1-18(14,15)4-19(16,17)10-7-5(11(12)13)2-3-6(8)9-7/h2-3H,4H2,1H3,(H,9,10). The van der Waals surface area contributed by atoms with Crippen molar-refractivity contribution in [2.75, 3.05) is 16.1 Å². The summed E-state index contributed by atoms with van der Waals surface area (Å²) < 4.78 is 46.6. The monoisotopic (exact) mass is 329 g/mol. The van der Waals surface area contributed by atoms with Gasteiger partial charge in [-0.05, 0) is 6.07 Å². The molecule has 1 aromatic heterocycles. The van der Waals surface area contributed by atoms with Crippen LogP contribution in [0.1, 0.15) is 0 Å². The Morgan fingerprint density at radius 2 is 1.95 bits per heavy atom. The minimum absolute atomic E-state index is 0.178. The summed E-state index contributed by atoms with van der Waals surface area (Å²) in [6.45, 7) is 0. The van der Waals surface area contributed by atoms with E-state index in [-0.39, 0.29) is 5.15 Å². The van der Waals surface area contributed by atoms with Crippen molar-refractivity contribution in [3.05, 3.63) is 27.4 Å². The number of aromatic nitrogens is 1. The molecule has 19 heavy (non-hydrogen) atoms. The Balaban J connectivity index is 3.19. The topological polar surface area (TPSA) is 136 Å². The third-order valence-electron chi connectivity index (χ3n) is 1.66. The Morgan fingerprint density at radius 1 is 1.37 bits per heavy atom. The molecule has 0 aliphatic rings. The zero-order valence-electron chi connectivity index (χ0n) is 9.40. The Morgan fingerprint density at radius 3 is 2.42 bits per heavy atom. The number of sulfone groups is 1. The van der Waals surface area contributed by atoms with Gasteiger partial charge in [0.25, 0.3) is 0 Å². The van der Waals surface area contributed by atoms with Crippen LogP contribution < -0.4 is 4.72 Å². The molecule has 0 bridgehead atoms. The SMILES string of the molecule is CS(=O)(=O)CS(=O)(=O)Nc1nc(Cl)ccc1[N+](=O)[O-]. The molecule has 0 saturated heterocycles. The molecule has 0 aromatic carbocycles. The summed E-state index contributed by atoms with van der Waals surface area (Å²) >= 11 is 5.50. The third kappa shape index (κ3) is 4.96. The summed E-state index contributed by atoms with van der Waals surface area (Å²) in [5.41, 5.74) is -0.638. The van der Waals surface area contributed by atoms with E-state index in [1.54, 1.807) is 4.72 Å². The Labute approximate surface area is 113 Å². The van der Waals surface area contributed by atoms with E-state index in [9.17, 15) is 26.9 Å². The number of rotatable bonds is 5. The summed E-state index contributed by atoms with van der Waals surface area (Å²) in [6, 6.07) is 2.06. The number of pyridine rings is 1. The maximum atomic E-state index is 11.5. The van der Waals surface area contributed by atoms with Gasteiger partial charge in [0.05, 0.1) is 4.92 Å². The molecule has 0 aliphatic carbocycles. The molecular weight excluding hydrogens is 322 g/mol. The maximum Gasteiger partial charge on any atom is 0.312 e. The number of hydrogen-bond donors (Lipinski definition) is 1. The molecular formula is C7H8ClN3O6S2. The molecule has 0 amide bonds. The predicted octanol–water partition coefficient (Wildman–Crippen LogP) is 0.387. The summed E-state index contributed by atoms with van der Waals surface area (Å²) in [5, 5.41) is 9.28. The lowest BCUT2D eigenvalue weighted by Crippen LogP contribution is -2.23. The van der Waals surface area contributed by atoms with Gasteiger partial charge in [0, 0.05) is 12.3 Å². The average molecular weight is 330 g/mol. The van der Waals surface area contributed by atoms with Gasteiger partial charge in [-0.15, -0.1) is 0 Å². The van der Waals surface area contributed by atoms with E-state index < -0.39 is 41.4 Å². The first-order valence-electron chi connectivity index (χ1n) is 4.49. The second kappa shape index (κ2) is 5.27. The number of hydrogen-bond acceptors (Lipinski definition) is 7. The van der Waals surface area contributed by atoms with E-state index >= 15 is 0 Å². The van der Waals surface area contributed by atoms with Crippen molar-refractivity contribution in [1.82, 2.24) is 4.98 Å². The van der Waals surface area contributed by atoms with E-state index in [1.165, 1.54) is 0 Å². The molecule has 9 nitrogen and oxygen atoms in total. The molecule has 0 aliphatic heterocycles. The zero-order valence-corrected chi connectivity index (χ0v) is 11.8. The van der Waals surface area contributed by atoms with Crippen LogP contribution in [0.5, 0.6) is 0 Å². The van der Waals surface area contributed by atoms with Gasteiger partial charge >= 0.3 is 5.69 Å². The fourth-order valence-electron chi connectivity index (χ4n) is 1.11. The smallest absolute Gasteiger partial charge is 0.261 e. The molecule has 12 heteroatoms. The van der Waals surface area contributed by atoms with Gasteiger partial charge < -0.3 is 0 Å². The maximum absolute atomic E-state index is 11.5. The van der Waals surface area contributed by atoms with Crippen LogP contribution in [-0.2, 0) is 19.9 Å². The van der Waals surface area contributed by atoms with Crippen LogP contribution in [-0.4, -0.2) is 38.1 Å². The van der Waals surface area contributed by atoms with Gasteiger partial charge in [-0.2, -0.15) is 0 Å². The van der Waals surface area contributed by atoms with Crippen LogP contribution in [0.25, 0.3) is 0 Å². The van der Waals surface area contributed by atoms with Gasteiger partial charge in [-0.1, -0.05) is 11.6 Å². The first-order valence-corrected chi connectivity index (χ1v) is 8.58. The van der Waals surface area contributed by atoms with Crippen molar-refractivity contribution < 1.29 is 21.8 Å². The van der Waals surface area contributed by atoms with E-state index in [4.69, 9.17) is 11.6 Å². The molecule has 0 unspecified atom stereocenters. The average Bonchev–Trinajstić information content (AvgIpc) is 2.11. The fourth-order valence-corrected chi connectivity index (χ4v) is 4.19. The minimum Gasteiger partial charge on any atom is -0.261 e. The van der Waals surface area contributed by atoms with E-state index in [2.05, 4.69) is 4.98 Å². The van der Waals surface area contributed by atoms with Crippen LogP contribution in [0.3, 0.4) is 0 Å². The molecule has 0 radical (unpaired) electrons. The number of halogens is 1. The Kier molecular flexibility index (Phi) is 4.32. The number of nitrogens with one attached hydrogen (secondary N) is 1. The number of anilines is 1. The van der Waals surface area contributed by atoms with Crippen molar-refractivity contribution in [3.63, 3.8) is 0 Å². The normalized spacial score (nSPS) is 12.1. The quantitative estimate of drug-likeness (QED) is 0.468. The van der Waals surface area contributed by atoms with Crippen LogP contribution in [0.2, 0.25) is 5.15 Å². The highest BCUT2D eigenvalue weighted by molar-refractivity contribution is 8.08. The molecule has 0 fully saturated rings. The molecule has 106 valence electrons. The second-order valence-electron chi connectivity index (χ2n) is 3.52. The van der Waals surface area contributed by atoms with Crippen molar-refractivity contribution in [3.8, 4) is 0 Å². The first kappa shape index (κ1) is 15.6. The van der Waals surface area contributed by atoms with Crippen molar-refractivity contribution in [2.45, 2.75) is 0 Å². The molecule has 0 saturated carbocycles. The van der Waals surface area contributed by atoms with Gasteiger partial charge in [-0.25, -0.2) is 21.8 Å². The zero-order chi connectivity index (χ0) is 14.8. The van der Waals surface area contributed by atoms with Crippen molar-refractivity contribution in [1.29, 1.82) is 0 Å². The van der Waals surface area contributed by atoms with Crippen molar-refractivity contribution in [2.24, 2.45) is 0 Å². The summed E-state index contributed by atoms with van der Waals surface area (Å²) in [7, 11) is -8.15. The lowest BCUT2D eigenvalue weighted by atomic mass is 10.4. The van der Waals surface area contributed by atoms with E-state index in [1.807, 2.05) is 0 Å². The Hall–Kier alpha value is -1.46. The summed E-state index contributed by atoms with van der Waals surface area (Å²) in [5.74, 6) is -0.638. The number of nitrogens with zero attached hydrogens (tertiary/aromatic N) is 2. The molecule has 0 atom stereocenters. The Bertz CT molecular complexity index is 714. The molecule has 1 heterocycles. The largest absolute Gasteiger partial charge is 0.312 e. The van der Waals surface area contributed by atoms with Gasteiger partial charge in [0.2, 0.25) is 15.8 Å². The van der Waals surface area contributed by atoms with Crippen LogP contribution in [0.15, 0.2) is 12.1 Å². The highest BCUT2D eigenvalue weighted by Crippen LogP contribution is 2.24. The van der Waals surface area contributed by atoms with Crippen LogP contribution in [0, 0.1) is 10.1 Å².